The molecular formula is C10H9ClN2. The van der Waals surface area contributed by atoms with Crippen molar-refractivity contribution in [2.24, 2.45) is 0 Å². The lowest BCUT2D eigenvalue weighted by molar-refractivity contribution is 1.39. The molecule has 0 unspecified atom stereocenters. The molecule has 2 aromatic rings. The fraction of sp³-hybridized carbons (Fsp3) is 0.100. The molecule has 0 aliphatic heterocycles. The van der Waals surface area contributed by atoms with E-state index in [9.17, 15) is 0 Å². The van der Waals surface area contributed by atoms with Crippen LogP contribution in [0.3, 0.4) is 0 Å². The number of aryl methyl sites for hydroxylation is 1. The smallest absolute Gasteiger partial charge is 0.0946 e. The van der Waals surface area contributed by atoms with Gasteiger partial charge in [-0.05, 0) is 30.7 Å². The Morgan fingerprint density at radius 2 is 2.15 bits per heavy atom. The molecule has 0 radical (unpaired) electrons. The lowest BCUT2D eigenvalue weighted by Crippen LogP contribution is -1.90. The van der Waals surface area contributed by atoms with Crippen LogP contribution in [0.4, 0.5) is 5.69 Å². The van der Waals surface area contributed by atoms with E-state index in [1.807, 2.05) is 19.1 Å². The van der Waals surface area contributed by atoms with Gasteiger partial charge in [-0.25, -0.2) is 0 Å². The van der Waals surface area contributed by atoms with Crippen LogP contribution in [0.1, 0.15) is 5.56 Å². The van der Waals surface area contributed by atoms with Crippen molar-refractivity contribution in [1.29, 1.82) is 0 Å². The predicted molar refractivity (Wildman–Crippen MR) is 55.9 cm³/mol. The van der Waals surface area contributed by atoms with Crippen molar-refractivity contribution in [2.45, 2.75) is 6.92 Å². The van der Waals surface area contributed by atoms with E-state index in [1.165, 1.54) is 0 Å². The maximum Gasteiger partial charge on any atom is 0.0946 e. The van der Waals surface area contributed by atoms with E-state index in [4.69, 9.17) is 17.3 Å². The number of hydrogen-bond donors (Lipinski definition) is 1. The summed E-state index contributed by atoms with van der Waals surface area (Å²) in [5.41, 5.74) is 8.36. The van der Waals surface area contributed by atoms with Crippen LogP contribution < -0.4 is 5.73 Å². The Bertz CT molecular complexity index is 466. The van der Waals surface area contributed by atoms with E-state index in [1.54, 1.807) is 12.3 Å². The third kappa shape index (κ3) is 1.33. The van der Waals surface area contributed by atoms with Gasteiger partial charge in [0.2, 0.25) is 0 Å². The Balaban J connectivity index is 2.94. The summed E-state index contributed by atoms with van der Waals surface area (Å²) in [5.74, 6) is 0. The van der Waals surface area contributed by atoms with Gasteiger partial charge in [-0.3, -0.25) is 4.98 Å². The van der Waals surface area contributed by atoms with Crippen molar-refractivity contribution < 1.29 is 0 Å². The molecule has 13 heavy (non-hydrogen) atoms. The molecule has 1 aromatic heterocycles. The number of hydrogen-bond acceptors (Lipinski definition) is 2. The van der Waals surface area contributed by atoms with Crippen molar-refractivity contribution in [3.63, 3.8) is 0 Å². The standard InChI is InChI=1S/C10H9ClN2/c1-6-4-7-8(11)2-3-13-10(7)9(12)5-6/h2-5H,12H2,1H3. The number of pyridine rings is 1. The molecule has 0 amide bonds. The Morgan fingerprint density at radius 1 is 1.38 bits per heavy atom. The maximum absolute atomic E-state index is 6.01. The first kappa shape index (κ1) is 8.32. The first-order valence-electron chi connectivity index (χ1n) is 3.99. The number of rotatable bonds is 0. The summed E-state index contributed by atoms with van der Waals surface area (Å²) < 4.78 is 0. The van der Waals surface area contributed by atoms with Gasteiger partial charge in [-0.2, -0.15) is 0 Å². The summed E-state index contributed by atoms with van der Waals surface area (Å²) in [6.07, 6.45) is 1.66. The zero-order valence-corrected chi connectivity index (χ0v) is 7.97. The molecule has 2 N–H and O–H groups in total. The van der Waals surface area contributed by atoms with Gasteiger partial charge in [0.15, 0.2) is 0 Å². The molecule has 0 bridgehead atoms. The number of nitrogens with two attached hydrogens (primary N) is 1. The molecule has 3 heteroatoms. The van der Waals surface area contributed by atoms with Gasteiger partial charge in [0, 0.05) is 11.6 Å². The van der Waals surface area contributed by atoms with E-state index in [0.29, 0.717) is 10.7 Å². The van der Waals surface area contributed by atoms with Crippen LogP contribution in [0.2, 0.25) is 5.02 Å². The summed E-state index contributed by atoms with van der Waals surface area (Å²) in [6, 6.07) is 5.65. The molecule has 0 aliphatic carbocycles. The van der Waals surface area contributed by atoms with Crippen molar-refractivity contribution in [3.05, 3.63) is 35.0 Å². The van der Waals surface area contributed by atoms with Crippen LogP contribution in [-0.4, -0.2) is 4.98 Å². The summed E-state index contributed by atoms with van der Waals surface area (Å²) >= 11 is 6.01. The number of fused-ring (bicyclic) bond motifs is 1. The Hall–Kier alpha value is -1.28. The van der Waals surface area contributed by atoms with Crippen LogP contribution in [0.25, 0.3) is 10.9 Å². The minimum Gasteiger partial charge on any atom is -0.397 e. The molecule has 1 aromatic carbocycles. The van der Waals surface area contributed by atoms with E-state index in [-0.39, 0.29) is 0 Å². The molecule has 0 atom stereocenters. The molecule has 0 spiro atoms. The minimum absolute atomic E-state index is 0.678. The van der Waals surface area contributed by atoms with Crippen molar-refractivity contribution >= 4 is 28.2 Å². The van der Waals surface area contributed by atoms with Crippen LogP contribution in [0.5, 0.6) is 0 Å². The number of aromatic nitrogens is 1. The molecule has 2 nitrogen and oxygen atoms in total. The number of nitrogens with zero attached hydrogens (tertiary/aromatic N) is 1. The maximum atomic E-state index is 6.01. The lowest BCUT2D eigenvalue weighted by Gasteiger charge is -2.03. The van der Waals surface area contributed by atoms with Crippen LogP contribution in [0.15, 0.2) is 24.4 Å². The molecule has 0 fully saturated rings. The van der Waals surface area contributed by atoms with Crippen LogP contribution in [0, 0.1) is 6.92 Å². The monoisotopic (exact) mass is 192 g/mol. The zero-order valence-electron chi connectivity index (χ0n) is 7.21. The Kier molecular flexibility index (Phi) is 1.85. The quantitative estimate of drug-likeness (QED) is 0.652. The second kappa shape index (κ2) is 2.89. The third-order valence-electron chi connectivity index (χ3n) is 1.97. The largest absolute Gasteiger partial charge is 0.397 e. The second-order valence-corrected chi connectivity index (χ2v) is 3.45. The van der Waals surface area contributed by atoms with Gasteiger partial charge < -0.3 is 5.73 Å². The highest BCUT2D eigenvalue weighted by atomic mass is 35.5. The van der Waals surface area contributed by atoms with Crippen LogP contribution >= 0.6 is 11.6 Å². The van der Waals surface area contributed by atoms with Crippen molar-refractivity contribution in [1.82, 2.24) is 4.98 Å². The second-order valence-electron chi connectivity index (χ2n) is 3.04. The highest BCUT2D eigenvalue weighted by Gasteiger charge is 2.03. The lowest BCUT2D eigenvalue weighted by atomic mass is 10.1. The third-order valence-corrected chi connectivity index (χ3v) is 2.30. The number of halogens is 1. The molecule has 0 saturated carbocycles. The molecule has 0 aliphatic rings. The van der Waals surface area contributed by atoms with Gasteiger partial charge in [0.05, 0.1) is 16.2 Å². The topological polar surface area (TPSA) is 38.9 Å². The SMILES string of the molecule is Cc1cc(N)c2nccc(Cl)c2c1. The average molecular weight is 193 g/mol. The highest BCUT2D eigenvalue weighted by Crippen LogP contribution is 2.26. The van der Waals surface area contributed by atoms with Gasteiger partial charge in [0.25, 0.3) is 0 Å². The predicted octanol–water partition coefficient (Wildman–Crippen LogP) is 2.78. The number of anilines is 1. The number of benzene rings is 1. The van der Waals surface area contributed by atoms with E-state index in [0.717, 1.165) is 16.5 Å². The van der Waals surface area contributed by atoms with Crippen molar-refractivity contribution in [3.8, 4) is 0 Å². The summed E-state index contributed by atoms with van der Waals surface area (Å²) in [4.78, 5) is 4.17. The van der Waals surface area contributed by atoms with Gasteiger partial charge >= 0.3 is 0 Å². The highest BCUT2D eigenvalue weighted by molar-refractivity contribution is 6.35. The van der Waals surface area contributed by atoms with E-state index >= 15 is 0 Å². The fourth-order valence-electron chi connectivity index (χ4n) is 1.40. The molecule has 1 heterocycles. The summed E-state index contributed by atoms with van der Waals surface area (Å²) in [7, 11) is 0. The molecule has 66 valence electrons. The van der Waals surface area contributed by atoms with E-state index < -0.39 is 0 Å². The molecule has 2 rings (SSSR count). The summed E-state index contributed by atoms with van der Waals surface area (Å²) in [5, 5.41) is 1.61. The molecule has 0 saturated heterocycles. The normalized spacial score (nSPS) is 10.6. The van der Waals surface area contributed by atoms with E-state index in [2.05, 4.69) is 4.98 Å². The van der Waals surface area contributed by atoms with Gasteiger partial charge in [-0.15, -0.1) is 0 Å². The van der Waals surface area contributed by atoms with Gasteiger partial charge in [0.1, 0.15) is 0 Å². The Morgan fingerprint density at radius 3 is 2.92 bits per heavy atom. The molecular weight excluding hydrogens is 184 g/mol. The minimum atomic E-state index is 0.678. The Labute approximate surface area is 81.3 Å². The summed E-state index contributed by atoms with van der Waals surface area (Å²) in [6.45, 7) is 1.99. The van der Waals surface area contributed by atoms with Crippen molar-refractivity contribution in [2.75, 3.05) is 5.73 Å². The first-order valence-corrected chi connectivity index (χ1v) is 4.36. The zero-order chi connectivity index (χ0) is 9.42. The van der Waals surface area contributed by atoms with Crippen LogP contribution in [-0.2, 0) is 0 Å². The number of nitrogen functional groups attached to an aromatic ring is 1. The first-order chi connectivity index (χ1) is 6.18. The average Bonchev–Trinajstić information content (AvgIpc) is 2.07. The van der Waals surface area contributed by atoms with Gasteiger partial charge in [-0.1, -0.05) is 11.6 Å². The fourth-order valence-corrected chi connectivity index (χ4v) is 1.60.